The molecule has 2 bridgehead atoms. The Labute approximate surface area is 76.0 Å². The minimum absolute atomic E-state index is 0.163. The molecule has 3 unspecified atom stereocenters. The van der Waals surface area contributed by atoms with E-state index in [1.54, 1.807) is 0 Å². The van der Waals surface area contributed by atoms with Crippen molar-refractivity contribution < 1.29 is 5.48 Å². The first kappa shape index (κ1) is 4.30. The van der Waals surface area contributed by atoms with Gasteiger partial charge in [-0.2, -0.15) is 0 Å². The SMILES string of the molecule is [2H]C([2H])C1(C([2H])[2H])C2CCC(C2)C1C[CH2]. The highest BCUT2D eigenvalue weighted by Crippen LogP contribution is 2.60. The molecule has 0 aromatic rings. The van der Waals surface area contributed by atoms with Gasteiger partial charge < -0.3 is 0 Å². The molecular weight excluding hydrogens is 132 g/mol. The molecule has 11 heavy (non-hydrogen) atoms. The third-order valence-electron chi connectivity index (χ3n) is 3.70. The van der Waals surface area contributed by atoms with E-state index in [0.717, 1.165) is 19.3 Å². The van der Waals surface area contributed by atoms with Crippen LogP contribution in [0.1, 0.15) is 44.9 Å². The summed E-state index contributed by atoms with van der Waals surface area (Å²) in [5.74, 6) is 0.953. The summed E-state index contributed by atoms with van der Waals surface area (Å²) in [7, 11) is 0. The molecule has 0 nitrogen and oxygen atoms in total. The fourth-order valence-electron chi connectivity index (χ4n) is 3.03. The summed E-state index contributed by atoms with van der Waals surface area (Å²) in [6.07, 6.45) is 3.89. The molecule has 0 heterocycles. The van der Waals surface area contributed by atoms with Gasteiger partial charge in [-0.1, -0.05) is 20.7 Å². The van der Waals surface area contributed by atoms with Gasteiger partial charge in [0.05, 0.1) is 0 Å². The third-order valence-corrected chi connectivity index (χ3v) is 3.70. The predicted octanol–water partition coefficient (Wildman–Crippen LogP) is 3.28. The van der Waals surface area contributed by atoms with Crippen molar-refractivity contribution in [3.8, 4) is 0 Å². The molecule has 0 amide bonds. The van der Waals surface area contributed by atoms with Crippen LogP contribution in [-0.4, -0.2) is 0 Å². The van der Waals surface area contributed by atoms with Gasteiger partial charge in [-0.25, -0.2) is 0 Å². The molecule has 0 aromatic carbocycles. The van der Waals surface area contributed by atoms with Gasteiger partial charge in [0.25, 0.3) is 0 Å². The lowest BCUT2D eigenvalue weighted by Gasteiger charge is -2.37. The Balaban J connectivity index is 2.37. The molecule has 2 aliphatic rings. The second-order valence-electron chi connectivity index (χ2n) is 4.17. The summed E-state index contributed by atoms with van der Waals surface area (Å²) < 4.78 is 31.0. The molecule has 63 valence electrons. The Morgan fingerprint density at radius 2 is 2.36 bits per heavy atom. The Hall–Kier alpha value is 0. The molecule has 2 rings (SSSR count). The van der Waals surface area contributed by atoms with E-state index in [1.807, 2.05) is 0 Å². The first-order valence-corrected chi connectivity index (χ1v) is 4.53. The lowest BCUT2D eigenvalue weighted by atomic mass is 9.68. The summed E-state index contributed by atoms with van der Waals surface area (Å²) in [4.78, 5) is 0. The molecule has 0 aromatic heterocycles. The summed E-state index contributed by atoms with van der Waals surface area (Å²) in [6.45, 7) is 1.83. The van der Waals surface area contributed by atoms with E-state index in [0.29, 0.717) is 12.3 Å². The molecule has 0 N–H and O–H groups in total. The van der Waals surface area contributed by atoms with Gasteiger partial charge >= 0.3 is 0 Å². The quantitative estimate of drug-likeness (QED) is 0.545. The lowest BCUT2D eigenvalue weighted by molar-refractivity contribution is 0.124. The van der Waals surface area contributed by atoms with E-state index in [9.17, 15) is 0 Å². The van der Waals surface area contributed by atoms with Gasteiger partial charge in [-0.05, 0) is 48.9 Å². The molecule has 0 saturated heterocycles. The van der Waals surface area contributed by atoms with Gasteiger partial charge in [0.2, 0.25) is 0 Å². The van der Waals surface area contributed by atoms with Gasteiger partial charge in [0, 0.05) is 5.48 Å². The Bertz CT molecular complexity index is 231. The first-order chi connectivity index (χ1) is 7.05. The van der Waals surface area contributed by atoms with Crippen LogP contribution in [0.3, 0.4) is 0 Å². The Morgan fingerprint density at radius 3 is 2.91 bits per heavy atom. The van der Waals surface area contributed by atoms with Crippen molar-refractivity contribution >= 4 is 0 Å². The normalized spacial score (nSPS) is 52.5. The minimum atomic E-state index is -1.04. The molecule has 3 atom stereocenters. The van der Waals surface area contributed by atoms with Crippen LogP contribution in [0.2, 0.25) is 0 Å². The van der Waals surface area contributed by atoms with Crippen LogP contribution in [0.25, 0.3) is 0 Å². The van der Waals surface area contributed by atoms with Gasteiger partial charge in [0.1, 0.15) is 0 Å². The maximum absolute atomic E-state index is 7.74. The van der Waals surface area contributed by atoms with Crippen LogP contribution in [0, 0.1) is 30.1 Å². The molecular formula is C11H19. The van der Waals surface area contributed by atoms with Gasteiger partial charge in [-0.3, -0.25) is 0 Å². The van der Waals surface area contributed by atoms with Gasteiger partial charge in [-0.15, -0.1) is 0 Å². The Morgan fingerprint density at radius 1 is 1.55 bits per heavy atom. The van der Waals surface area contributed by atoms with Crippen molar-refractivity contribution in [3.05, 3.63) is 6.92 Å². The van der Waals surface area contributed by atoms with Crippen LogP contribution in [0.15, 0.2) is 0 Å². The van der Waals surface area contributed by atoms with Crippen molar-refractivity contribution in [2.45, 2.75) is 39.4 Å². The van der Waals surface area contributed by atoms with Crippen LogP contribution < -0.4 is 0 Å². The molecule has 0 aliphatic heterocycles. The summed E-state index contributed by atoms with van der Waals surface area (Å²) in [6, 6.07) is 0. The second-order valence-corrected chi connectivity index (χ2v) is 4.17. The molecule has 1 radical (unpaired) electrons. The molecule has 2 saturated carbocycles. The molecule has 0 heteroatoms. The molecule has 2 aliphatic carbocycles. The fraction of sp³-hybridized carbons (Fsp3) is 0.909. The van der Waals surface area contributed by atoms with Crippen molar-refractivity contribution in [1.29, 1.82) is 0 Å². The summed E-state index contributed by atoms with van der Waals surface area (Å²) >= 11 is 0. The average Bonchev–Trinajstić information content (AvgIpc) is 2.73. The Kier molecular flexibility index (Phi) is 0.876. The zero-order chi connectivity index (χ0) is 11.2. The number of hydrogen-bond acceptors (Lipinski definition) is 0. The zero-order valence-electron chi connectivity index (χ0n) is 10.9. The van der Waals surface area contributed by atoms with Crippen LogP contribution in [0.5, 0.6) is 0 Å². The van der Waals surface area contributed by atoms with Crippen LogP contribution in [-0.2, 0) is 0 Å². The predicted molar refractivity (Wildman–Crippen MR) is 48.1 cm³/mol. The summed E-state index contributed by atoms with van der Waals surface area (Å²) in [5, 5.41) is 0. The number of fused-ring (bicyclic) bond motifs is 2. The van der Waals surface area contributed by atoms with Crippen molar-refractivity contribution in [3.63, 3.8) is 0 Å². The minimum Gasteiger partial charge on any atom is -0.0594 e. The fourth-order valence-corrected chi connectivity index (χ4v) is 3.03. The third kappa shape index (κ3) is 0.878. The maximum atomic E-state index is 7.74. The standard InChI is InChI=1S/C11H19/c1-4-10-8-5-6-9(7-8)11(10,2)3/h8-10H,1,4-7H2,2-3H3/i2D2,3D2. The first-order valence-electron chi connectivity index (χ1n) is 6.84. The van der Waals surface area contributed by atoms with E-state index in [1.165, 1.54) is 0 Å². The van der Waals surface area contributed by atoms with E-state index < -0.39 is 19.2 Å². The van der Waals surface area contributed by atoms with Gasteiger partial charge in [0.15, 0.2) is 0 Å². The van der Waals surface area contributed by atoms with E-state index in [-0.39, 0.29) is 11.8 Å². The topological polar surface area (TPSA) is 0 Å². The number of hydrogen-bond donors (Lipinski definition) is 0. The van der Waals surface area contributed by atoms with E-state index in [2.05, 4.69) is 6.92 Å². The van der Waals surface area contributed by atoms with Crippen molar-refractivity contribution in [1.82, 2.24) is 0 Å². The zero-order valence-corrected chi connectivity index (χ0v) is 6.92. The van der Waals surface area contributed by atoms with Crippen molar-refractivity contribution in [2.75, 3.05) is 0 Å². The monoisotopic (exact) mass is 155 g/mol. The summed E-state index contributed by atoms with van der Waals surface area (Å²) in [5.41, 5.74) is -0.718. The maximum Gasteiger partial charge on any atom is 0.0236 e. The smallest absolute Gasteiger partial charge is 0.0236 e. The second kappa shape index (κ2) is 2.24. The van der Waals surface area contributed by atoms with Crippen molar-refractivity contribution in [2.24, 2.45) is 23.2 Å². The highest BCUT2D eigenvalue weighted by molar-refractivity contribution is 5.01. The highest BCUT2D eigenvalue weighted by Gasteiger charge is 2.51. The molecule has 0 spiro atoms. The van der Waals surface area contributed by atoms with Crippen LogP contribution >= 0.6 is 0 Å². The van der Waals surface area contributed by atoms with Crippen LogP contribution in [0.4, 0.5) is 0 Å². The van der Waals surface area contributed by atoms with E-state index in [4.69, 9.17) is 5.48 Å². The highest BCUT2D eigenvalue weighted by atomic mass is 14.6. The average molecular weight is 155 g/mol. The molecule has 2 fully saturated rings. The lowest BCUT2D eigenvalue weighted by Crippen LogP contribution is -2.29. The van der Waals surface area contributed by atoms with E-state index >= 15 is 0 Å². The largest absolute Gasteiger partial charge is 0.0594 e. The number of rotatable bonds is 1.